The fraction of sp³-hybridized carbons (Fsp3) is 0.286. The van der Waals surface area contributed by atoms with Gasteiger partial charge in [0.1, 0.15) is 6.54 Å². The highest BCUT2D eigenvalue weighted by molar-refractivity contribution is 5.92. The molecule has 3 rings (SSSR count). The average Bonchev–Trinajstić information content (AvgIpc) is 3.09. The zero-order valence-electron chi connectivity index (χ0n) is 15.5. The summed E-state index contributed by atoms with van der Waals surface area (Å²) in [6, 6.07) is 15.2. The second-order valence-corrected chi connectivity index (χ2v) is 6.50. The highest BCUT2D eigenvalue weighted by Crippen LogP contribution is 2.20. The van der Waals surface area contributed by atoms with Gasteiger partial charge in [0.15, 0.2) is 6.61 Å². The van der Waals surface area contributed by atoms with Crippen LogP contribution in [0.25, 0.3) is 11.0 Å². The van der Waals surface area contributed by atoms with Gasteiger partial charge >= 0.3 is 5.97 Å². The van der Waals surface area contributed by atoms with Crippen molar-refractivity contribution in [3.8, 4) is 0 Å². The molecule has 0 saturated carbocycles. The molecule has 1 aromatic heterocycles. The highest BCUT2D eigenvalue weighted by atomic mass is 16.5. The first kappa shape index (κ1) is 18.6. The lowest BCUT2D eigenvalue weighted by Crippen LogP contribution is -2.22. The lowest BCUT2D eigenvalue weighted by Gasteiger charge is -2.11. The monoisotopic (exact) mass is 365 g/mol. The van der Waals surface area contributed by atoms with E-state index in [4.69, 9.17) is 4.74 Å². The Morgan fingerprint density at radius 1 is 1.15 bits per heavy atom. The molecule has 0 saturated heterocycles. The number of imidazole rings is 1. The van der Waals surface area contributed by atoms with Crippen LogP contribution in [-0.2, 0) is 20.9 Å². The highest BCUT2D eigenvalue weighted by Gasteiger charge is 2.11. The molecular formula is C21H23N3O3. The van der Waals surface area contributed by atoms with Gasteiger partial charge in [-0.25, -0.2) is 4.98 Å². The van der Waals surface area contributed by atoms with Crippen LogP contribution < -0.4 is 5.32 Å². The summed E-state index contributed by atoms with van der Waals surface area (Å²) in [5.74, 6) is -0.370. The van der Waals surface area contributed by atoms with Gasteiger partial charge in [0.25, 0.3) is 5.91 Å². The molecule has 0 radical (unpaired) electrons. The van der Waals surface area contributed by atoms with Crippen LogP contribution in [-0.4, -0.2) is 28.0 Å². The number of carbonyl (C=O) groups is 2. The standard InChI is InChI=1S/C21H23N3O3/c1-3-15(2)16-8-10-17(11-9-16)23-20(25)13-27-21(26)12-24-14-22-18-6-4-5-7-19(18)24/h4-11,14-15H,3,12-13H2,1-2H3,(H,23,25). The Kier molecular flexibility index (Phi) is 5.86. The quantitative estimate of drug-likeness (QED) is 0.648. The first-order chi connectivity index (χ1) is 13.1. The maximum absolute atomic E-state index is 12.0. The Labute approximate surface area is 158 Å². The molecule has 0 aliphatic carbocycles. The fourth-order valence-corrected chi connectivity index (χ4v) is 2.79. The molecule has 0 aliphatic heterocycles. The van der Waals surface area contributed by atoms with Crippen molar-refractivity contribution >= 4 is 28.6 Å². The second kappa shape index (κ2) is 8.49. The maximum Gasteiger partial charge on any atom is 0.326 e. The molecule has 27 heavy (non-hydrogen) atoms. The fourth-order valence-electron chi connectivity index (χ4n) is 2.79. The molecule has 0 spiro atoms. The number of hydrogen-bond acceptors (Lipinski definition) is 4. The molecule has 6 nitrogen and oxygen atoms in total. The number of anilines is 1. The molecule has 1 amide bonds. The minimum absolute atomic E-state index is 0.0113. The van der Waals surface area contributed by atoms with Gasteiger partial charge in [0.2, 0.25) is 0 Å². The van der Waals surface area contributed by atoms with E-state index in [0.29, 0.717) is 11.6 Å². The van der Waals surface area contributed by atoms with E-state index in [9.17, 15) is 9.59 Å². The summed E-state index contributed by atoms with van der Waals surface area (Å²) in [5.41, 5.74) is 3.57. The molecule has 2 aromatic carbocycles. The third kappa shape index (κ3) is 4.73. The minimum Gasteiger partial charge on any atom is -0.454 e. The number of ether oxygens (including phenoxy) is 1. The van der Waals surface area contributed by atoms with Gasteiger partial charge < -0.3 is 14.6 Å². The van der Waals surface area contributed by atoms with E-state index in [2.05, 4.69) is 24.1 Å². The van der Waals surface area contributed by atoms with Gasteiger partial charge in [-0.15, -0.1) is 0 Å². The molecule has 1 heterocycles. The molecule has 1 unspecified atom stereocenters. The number of aromatic nitrogens is 2. The number of amides is 1. The summed E-state index contributed by atoms with van der Waals surface area (Å²) in [6.45, 7) is 3.99. The van der Waals surface area contributed by atoms with Crippen molar-refractivity contribution in [3.05, 3.63) is 60.4 Å². The summed E-state index contributed by atoms with van der Waals surface area (Å²) >= 11 is 0. The Morgan fingerprint density at radius 2 is 1.89 bits per heavy atom. The van der Waals surface area contributed by atoms with Crippen molar-refractivity contribution in [1.29, 1.82) is 0 Å². The lowest BCUT2D eigenvalue weighted by atomic mass is 9.99. The summed E-state index contributed by atoms with van der Waals surface area (Å²) < 4.78 is 6.78. The predicted octanol–water partition coefficient (Wildman–Crippen LogP) is 3.73. The van der Waals surface area contributed by atoms with E-state index in [1.165, 1.54) is 5.56 Å². The van der Waals surface area contributed by atoms with E-state index in [0.717, 1.165) is 17.5 Å². The van der Waals surface area contributed by atoms with Crippen molar-refractivity contribution in [2.45, 2.75) is 32.7 Å². The number of fused-ring (bicyclic) bond motifs is 1. The molecule has 1 N–H and O–H groups in total. The lowest BCUT2D eigenvalue weighted by molar-refractivity contribution is -0.147. The van der Waals surface area contributed by atoms with Crippen LogP contribution >= 0.6 is 0 Å². The third-order valence-electron chi connectivity index (χ3n) is 4.57. The van der Waals surface area contributed by atoms with E-state index in [-0.39, 0.29) is 19.1 Å². The zero-order chi connectivity index (χ0) is 19.2. The number of rotatable bonds is 7. The number of para-hydroxylation sites is 2. The van der Waals surface area contributed by atoms with Crippen molar-refractivity contribution in [3.63, 3.8) is 0 Å². The van der Waals surface area contributed by atoms with Crippen molar-refractivity contribution in [1.82, 2.24) is 9.55 Å². The van der Waals surface area contributed by atoms with Gasteiger partial charge in [-0.05, 0) is 42.2 Å². The second-order valence-electron chi connectivity index (χ2n) is 6.50. The van der Waals surface area contributed by atoms with Crippen LogP contribution in [0.15, 0.2) is 54.9 Å². The molecule has 6 heteroatoms. The summed E-state index contributed by atoms with van der Waals surface area (Å²) in [7, 11) is 0. The molecule has 0 aliphatic rings. The molecular weight excluding hydrogens is 342 g/mol. The average molecular weight is 365 g/mol. The SMILES string of the molecule is CCC(C)c1ccc(NC(=O)COC(=O)Cn2cnc3ccccc32)cc1. The summed E-state index contributed by atoms with van der Waals surface area (Å²) in [4.78, 5) is 28.2. The van der Waals surface area contributed by atoms with E-state index in [1.807, 2.05) is 48.5 Å². The molecule has 1 atom stereocenters. The largest absolute Gasteiger partial charge is 0.454 e. The third-order valence-corrected chi connectivity index (χ3v) is 4.57. The van der Waals surface area contributed by atoms with Gasteiger partial charge in [0.05, 0.1) is 17.4 Å². The van der Waals surface area contributed by atoms with Crippen LogP contribution in [0.1, 0.15) is 31.7 Å². The van der Waals surface area contributed by atoms with E-state index >= 15 is 0 Å². The Bertz CT molecular complexity index is 931. The van der Waals surface area contributed by atoms with E-state index in [1.54, 1.807) is 10.9 Å². The summed E-state index contributed by atoms with van der Waals surface area (Å²) in [5, 5.41) is 2.73. The minimum atomic E-state index is -0.486. The number of nitrogens with one attached hydrogen (secondary N) is 1. The first-order valence-corrected chi connectivity index (χ1v) is 9.02. The molecule has 0 fully saturated rings. The predicted molar refractivity (Wildman–Crippen MR) is 104 cm³/mol. The van der Waals surface area contributed by atoms with Gasteiger partial charge in [-0.3, -0.25) is 9.59 Å². The van der Waals surface area contributed by atoms with Gasteiger partial charge in [-0.1, -0.05) is 38.1 Å². The van der Waals surface area contributed by atoms with E-state index < -0.39 is 5.97 Å². The number of benzene rings is 2. The van der Waals surface area contributed by atoms with Crippen LogP contribution in [0.4, 0.5) is 5.69 Å². The van der Waals surface area contributed by atoms with Crippen LogP contribution in [0.3, 0.4) is 0 Å². The van der Waals surface area contributed by atoms with Crippen LogP contribution in [0, 0.1) is 0 Å². The number of hydrogen-bond donors (Lipinski definition) is 1. The van der Waals surface area contributed by atoms with Crippen molar-refractivity contribution in [2.75, 3.05) is 11.9 Å². The first-order valence-electron chi connectivity index (χ1n) is 9.02. The molecule has 3 aromatic rings. The number of nitrogens with zero attached hydrogens (tertiary/aromatic N) is 2. The van der Waals surface area contributed by atoms with Crippen molar-refractivity contribution in [2.24, 2.45) is 0 Å². The van der Waals surface area contributed by atoms with Crippen LogP contribution in [0.2, 0.25) is 0 Å². The Hall–Kier alpha value is -3.15. The maximum atomic E-state index is 12.0. The summed E-state index contributed by atoms with van der Waals surface area (Å²) in [6.07, 6.45) is 2.65. The Morgan fingerprint density at radius 3 is 2.63 bits per heavy atom. The molecule has 140 valence electrons. The zero-order valence-corrected chi connectivity index (χ0v) is 15.5. The Balaban J connectivity index is 1.49. The van der Waals surface area contributed by atoms with Crippen molar-refractivity contribution < 1.29 is 14.3 Å². The van der Waals surface area contributed by atoms with Gasteiger partial charge in [-0.2, -0.15) is 0 Å². The van der Waals surface area contributed by atoms with Crippen LogP contribution in [0.5, 0.6) is 0 Å². The normalized spacial score (nSPS) is 11.9. The number of esters is 1. The smallest absolute Gasteiger partial charge is 0.326 e. The number of carbonyl (C=O) groups excluding carboxylic acids is 2. The van der Waals surface area contributed by atoms with Gasteiger partial charge in [0, 0.05) is 5.69 Å². The topological polar surface area (TPSA) is 73.2 Å². The molecule has 0 bridgehead atoms.